The van der Waals surface area contributed by atoms with Gasteiger partial charge >= 0.3 is 12.1 Å². The van der Waals surface area contributed by atoms with E-state index >= 15 is 0 Å². The zero-order valence-electron chi connectivity index (χ0n) is 18.3. The lowest BCUT2D eigenvalue weighted by molar-refractivity contribution is -0.154. The van der Waals surface area contributed by atoms with Crippen molar-refractivity contribution in [3.63, 3.8) is 0 Å². The maximum atomic E-state index is 14.0. The van der Waals surface area contributed by atoms with E-state index in [4.69, 9.17) is 4.74 Å². The molecule has 6 nitrogen and oxygen atoms in total. The van der Waals surface area contributed by atoms with Gasteiger partial charge in [0.25, 0.3) is 0 Å². The van der Waals surface area contributed by atoms with Crippen LogP contribution in [0.15, 0.2) is 18.2 Å². The molecule has 1 unspecified atom stereocenters. The first-order valence-corrected chi connectivity index (χ1v) is 10.2. The minimum Gasteiger partial charge on any atom is -0.480 e. The standard InChI is InChI=1S/C22H32F2N2O4/c1-20(2,3)30-19(29)25-21(4,15-11-16(23)13-17(24)12-15)14-26(5)22(18(27)28)9-7-6-8-10-22/h11-13H,6-10,14H2,1-5H3,(H,25,29)(H,27,28). The van der Waals surface area contributed by atoms with E-state index in [-0.39, 0.29) is 12.1 Å². The van der Waals surface area contributed by atoms with Gasteiger partial charge in [-0.05, 0) is 65.3 Å². The molecule has 1 saturated carbocycles. The van der Waals surface area contributed by atoms with Crippen molar-refractivity contribution in [3.8, 4) is 0 Å². The van der Waals surface area contributed by atoms with Crippen molar-refractivity contribution in [2.75, 3.05) is 13.6 Å². The molecule has 1 amide bonds. The maximum Gasteiger partial charge on any atom is 0.408 e. The van der Waals surface area contributed by atoms with Gasteiger partial charge in [-0.25, -0.2) is 13.6 Å². The molecule has 1 aliphatic rings. The van der Waals surface area contributed by atoms with Crippen LogP contribution in [0, 0.1) is 11.6 Å². The number of aliphatic carboxylic acids is 1. The number of likely N-dealkylation sites (N-methyl/N-ethyl adjacent to an activating group) is 1. The number of hydrogen-bond donors (Lipinski definition) is 2. The Morgan fingerprint density at radius 3 is 2.10 bits per heavy atom. The Kier molecular flexibility index (Phi) is 7.12. The number of nitrogens with zero attached hydrogens (tertiary/aromatic N) is 1. The molecular weight excluding hydrogens is 394 g/mol. The first kappa shape index (κ1) is 24.1. The van der Waals surface area contributed by atoms with Gasteiger partial charge in [0.05, 0.1) is 5.54 Å². The average Bonchev–Trinajstić information content (AvgIpc) is 2.59. The summed E-state index contributed by atoms with van der Waals surface area (Å²) >= 11 is 0. The van der Waals surface area contributed by atoms with Crippen LogP contribution in [-0.2, 0) is 15.1 Å². The lowest BCUT2D eigenvalue weighted by Crippen LogP contribution is -2.60. The van der Waals surface area contributed by atoms with Crippen LogP contribution in [-0.4, -0.2) is 46.8 Å². The minimum absolute atomic E-state index is 0.0292. The number of carboxylic acid groups (broad SMARTS) is 1. The number of benzene rings is 1. The topological polar surface area (TPSA) is 78.9 Å². The number of nitrogens with one attached hydrogen (secondary N) is 1. The molecule has 0 spiro atoms. The molecule has 1 fully saturated rings. The second-order valence-electron chi connectivity index (χ2n) is 9.37. The number of alkyl carbamates (subject to hydrolysis) is 1. The zero-order chi connectivity index (χ0) is 22.7. The van der Waals surface area contributed by atoms with Gasteiger partial charge in [0, 0.05) is 12.6 Å². The highest BCUT2D eigenvalue weighted by Crippen LogP contribution is 2.36. The molecule has 0 saturated heterocycles. The number of amides is 1. The largest absolute Gasteiger partial charge is 0.480 e. The summed E-state index contributed by atoms with van der Waals surface area (Å²) in [6.45, 7) is 6.76. The van der Waals surface area contributed by atoms with Gasteiger partial charge in [-0.3, -0.25) is 9.69 Å². The predicted molar refractivity (Wildman–Crippen MR) is 109 cm³/mol. The number of halogens is 2. The first-order valence-electron chi connectivity index (χ1n) is 10.2. The van der Waals surface area contributed by atoms with Crippen molar-refractivity contribution in [1.29, 1.82) is 0 Å². The zero-order valence-corrected chi connectivity index (χ0v) is 18.3. The molecule has 0 aliphatic heterocycles. The lowest BCUT2D eigenvalue weighted by atomic mass is 9.79. The molecule has 1 aromatic rings. The molecule has 30 heavy (non-hydrogen) atoms. The number of ether oxygens (including phenoxy) is 1. The molecule has 1 aromatic carbocycles. The van der Waals surface area contributed by atoms with Gasteiger partial charge in [0.2, 0.25) is 0 Å². The third-order valence-corrected chi connectivity index (χ3v) is 5.64. The van der Waals surface area contributed by atoms with Crippen LogP contribution in [0.2, 0.25) is 0 Å². The number of carboxylic acids is 1. The van der Waals surface area contributed by atoms with Crippen LogP contribution >= 0.6 is 0 Å². The van der Waals surface area contributed by atoms with Crippen molar-refractivity contribution >= 4 is 12.1 Å². The Hall–Kier alpha value is -2.22. The van der Waals surface area contributed by atoms with E-state index in [9.17, 15) is 23.5 Å². The van der Waals surface area contributed by atoms with E-state index < -0.39 is 40.4 Å². The van der Waals surface area contributed by atoms with Crippen LogP contribution in [0.4, 0.5) is 13.6 Å². The fourth-order valence-corrected chi connectivity index (χ4v) is 4.13. The molecule has 2 rings (SSSR count). The molecule has 0 heterocycles. The maximum absolute atomic E-state index is 14.0. The summed E-state index contributed by atoms with van der Waals surface area (Å²) in [5.74, 6) is -2.50. The normalized spacial score (nSPS) is 18.5. The summed E-state index contributed by atoms with van der Waals surface area (Å²) in [6, 6.07) is 3.03. The molecule has 0 bridgehead atoms. The molecule has 0 aromatic heterocycles. The second kappa shape index (κ2) is 8.88. The van der Waals surface area contributed by atoms with E-state index in [1.165, 1.54) is 0 Å². The van der Waals surface area contributed by atoms with E-state index in [1.807, 2.05) is 0 Å². The predicted octanol–water partition coefficient (Wildman–Crippen LogP) is 4.42. The molecule has 1 aliphatic carbocycles. The smallest absolute Gasteiger partial charge is 0.408 e. The number of hydrogen-bond acceptors (Lipinski definition) is 4. The fraction of sp³-hybridized carbons (Fsp3) is 0.636. The Labute approximate surface area is 176 Å². The average molecular weight is 427 g/mol. The van der Waals surface area contributed by atoms with Gasteiger partial charge < -0.3 is 15.2 Å². The molecule has 8 heteroatoms. The second-order valence-corrected chi connectivity index (χ2v) is 9.37. The van der Waals surface area contributed by atoms with Crippen LogP contribution in [0.1, 0.15) is 65.4 Å². The SMILES string of the molecule is CN(CC(C)(NC(=O)OC(C)(C)C)c1cc(F)cc(F)c1)C1(C(=O)O)CCCCC1. The summed E-state index contributed by atoms with van der Waals surface area (Å²) in [5, 5.41) is 12.7. The fourth-order valence-electron chi connectivity index (χ4n) is 4.13. The van der Waals surface area contributed by atoms with E-state index in [0.717, 1.165) is 37.5 Å². The van der Waals surface area contributed by atoms with E-state index in [2.05, 4.69) is 5.32 Å². The van der Waals surface area contributed by atoms with Crippen LogP contribution in [0.25, 0.3) is 0 Å². The van der Waals surface area contributed by atoms with Gasteiger partial charge in [0.1, 0.15) is 22.8 Å². The molecular formula is C22H32F2N2O4. The summed E-state index contributed by atoms with van der Waals surface area (Å²) in [7, 11) is 1.67. The number of carbonyl (C=O) groups excluding carboxylic acids is 1. The van der Waals surface area contributed by atoms with Gasteiger partial charge in [-0.2, -0.15) is 0 Å². The minimum atomic E-state index is -1.29. The third-order valence-electron chi connectivity index (χ3n) is 5.64. The van der Waals surface area contributed by atoms with Crippen molar-refractivity contribution < 1.29 is 28.2 Å². The Morgan fingerprint density at radius 1 is 1.10 bits per heavy atom. The van der Waals surface area contributed by atoms with Crippen LogP contribution in [0.5, 0.6) is 0 Å². The van der Waals surface area contributed by atoms with Gasteiger partial charge in [0.15, 0.2) is 0 Å². The van der Waals surface area contributed by atoms with Gasteiger partial charge in [-0.1, -0.05) is 19.3 Å². The molecule has 2 N–H and O–H groups in total. The van der Waals surface area contributed by atoms with Crippen molar-refractivity contribution in [1.82, 2.24) is 10.2 Å². The Morgan fingerprint density at radius 2 is 1.63 bits per heavy atom. The highest BCUT2D eigenvalue weighted by Gasteiger charge is 2.46. The lowest BCUT2D eigenvalue weighted by Gasteiger charge is -2.45. The monoisotopic (exact) mass is 426 g/mol. The quantitative estimate of drug-likeness (QED) is 0.704. The highest BCUT2D eigenvalue weighted by molar-refractivity contribution is 5.79. The summed E-state index contributed by atoms with van der Waals surface area (Å²) in [4.78, 5) is 26.4. The summed E-state index contributed by atoms with van der Waals surface area (Å²) < 4.78 is 33.3. The summed E-state index contributed by atoms with van der Waals surface area (Å²) in [6.07, 6.45) is 2.71. The number of carbonyl (C=O) groups is 2. The molecule has 168 valence electrons. The van der Waals surface area contributed by atoms with Crippen molar-refractivity contribution in [3.05, 3.63) is 35.4 Å². The van der Waals surface area contributed by atoms with E-state index in [1.54, 1.807) is 39.6 Å². The third kappa shape index (κ3) is 5.68. The van der Waals surface area contributed by atoms with Crippen LogP contribution < -0.4 is 5.32 Å². The Balaban J connectivity index is 2.42. The number of rotatable bonds is 6. The Bertz CT molecular complexity index is 768. The highest BCUT2D eigenvalue weighted by atomic mass is 19.1. The first-order chi connectivity index (χ1) is 13.8. The van der Waals surface area contributed by atoms with Crippen molar-refractivity contribution in [2.45, 2.75) is 76.5 Å². The molecule has 1 atom stereocenters. The van der Waals surface area contributed by atoms with Crippen molar-refractivity contribution in [2.24, 2.45) is 0 Å². The van der Waals surface area contributed by atoms with Crippen LogP contribution in [0.3, 0.4) is 0 Å². The summed E-state index contributed by atoms with van der Waals surface area (Å²) in [5.41, 5.74) is -2.97. The van der Waals surface area contributed by atoms with E-state index in [0.29, 0.717) is 12.8 Å². The molecule has 0 radical (unpaired) electrons. The van der Waals surface area contributed by atoms with Gasteiger partial charge in [-0.15, -0.1) is 0 Å².